The van der Waals surface area contributed by atoms with Crippen molar-refractivity contribution in [2.24, 2.45) is 5.92 Å². The molecule has 0 N–H and O–H groups in total. The molecule has 0 bridgehead atoms. The van der Waals surface area contributed by atoms with Crippen LogP contribution >= 0.6 is 0 Å². The van der Waals surface area contributed by atoms with Gasteiger partial charge in [0.15, 0.2) is 11.6 Å². The molecule has 32 heavy (non-hydrogen) atoms. The zero-order valence-corrected chi connectivity index (χ0v) is 18.6. The quantitative estimate of drug-likeness (QED) is 0.343. The molecule has 1 amide bonds. The molecule has 6 heteroatoms. The fourth-order valence-corrected chi connectivity index (χ4v) is 4.10. The van der Waals surface area contributed by atoms with Gasteiger partial charge in [0.05, 0.1) is 11.7 Å². The van der Waals surface area contributed by atoms with E-state index < -0.39 is 23.7 Å². The molecule has 1 aliphatic rings. The average molecular weight is 428 g/mol. The summed E-state index contributed by atoms with van der Waals surface area (Å²) in [5, 5.41) is 8.19. The van der Waals surface area contributed by atoms with Gasteiger partial charge in [0.1, 0.15) is 5.92 Å². The summed E-state index contributed by atoms with van der Waals surface area (Å²) in [4.78, 5) is 41.1. The highest BCUT2D eigenvalue weighted by atomic mass is 16.2. The van der Waals surface area contributed by atoms with Crippen molar-refractivity contribution in [3.63, 3.8) is 0 Å². The average Bonchev–Trinajstić information content (AvgIpc) is 3.04. The Morgan fingerprint density at radius 1 is 0.938 bits per heavy atom. The number of carbonyl (C=O) groups is 3. The molecule has 1 saturated heterocycles. The first-order valence-corrected chi connectivity index (χ1v) is 10.7. The summed E-state index contributed by atoms with van der Waals surface area (Å²) in [5.74, 6) is -2.40. The standard InChI is InChI=1S/C26H25N3O3/c1-15(2)18-9-11-19(12-10-18)23-22(24(30)20-7-5-6-16(3)14-20)25(31)26(32)29(23)21-13-8-17(4)27-28-21/h5-15,22-23H,1-4H3. The van der Waals surface area contributed by atoms with Crippen LogP contribution in [0.3, 0.4) is 0 Å². The highest BCUT2D eigenvalue weighted by molar-refractivity contribution is 6.48. The van der Waals surface area contributed by atoms with Gasteiger partial charge < -0.3 is 0 Å². The largest absolute Gasteiger partial charge is 0.297 e. The number of ketones is 2. The van der Waals surface area contributed by atoms with Gasteiger partial charge in [-0.25, -0.2) is 0 Å². The number of benzene rings is 2. The number of carbonyl (C=O) groups excluding carboxylic acids is 3. The maximum atomic E-state index is 13.5. The van der Waals surface area contributed by atoms with E-state index in [1.807, 2.05) is 37.3 Å². The van der Waals surface area contributed by atoms with Crippen molar-refractivity contribution in [2.75, 3.05) is 4.90 Å². The first-order chi connectivity index (χ1) is 15.3. The van der Waals surface area contributed by atoms with Gasteiger partial charge in [0.25, 0.3) is 5.91 Å². The number of anilines is 1. The second-order valence-electron chi connectivity index (χ2n) is 8.55. The van der Waals surface area contributed by atoms with Crippen LogP contribution in [0.1, 0.15) is 58.5 Å². The molecule has 3 aromatic rings. The third-order valence-electron chi connectivity index (χ3n) is 5.87. The molecule has 2 heterocycles. The van der Waals surface area contributed by atoms with Crippen molar-refractivity contribution >= 4 is 23.3 Å². The van der Waals surface area contributed by atoms with Crippen molar-refractivity contribution in [2.45, 2.75) is 39.7 Å². The number of aromatic nitrogens is 2. The zero-order valence-electron chi connectivity index (χ0n) is 18.6. The summed E-state index contributed by atoms with van der Waals surface area (Å²) in [5.41, 5.74) is 3.86. The van der Waals surface area contributed by atoms with E-state index in [4.69, 9.17) is 0 Å². The molecular weight excluding hydrogens is 402 g/mol. The highest BCUT2D eigenvalue weighted by Crippen LogP contribution is 2.40. The van der Waals surface area contributed by atoms with Crippen molar-refractivity contribution in [3.8, 4) is 0 Å². The molecule has 2 unspecified atom stereocenters. The minimum Gasteiger partial charge on any atom is -0.293 e. The van der Waals surface area contributed by atoms with E-state index in [1.54, 1.807) is 37.3 Å². The summed E-state index contributed by atoms with van der Waals surface area (Å²) in [6, 6.07) is 17.4. The maximum absolute atomic E-state index is 13.5. The molecule has 2 aromatic carbocycles. The smallest absolute Gasteiger partial charge is 0.293 e. The number of nitrogens with zero attached hydrogens (tertiary/aromatic N) is 3. The van der Waals surface area contributed by atoms with Crippen LogP contribution in [0.25, 0.3) is 0 Å². The molecular formula is C26H25N3O3. The molecule has 0 radical (unpaired) electrons. The molecule has 162 valence electrons. The first kappa shape index (κ1) is 21.6. The van der Waals surface area contributed by atoms with Gasteiger partial charge in [-0.15, -0.1) is 5.10 Å². The van der Waals surface area contributed by atoms with E-state index in [-0.39, 0.29) is 11.6 Å². The number of hydrogen-bond donors (Lipinski definition) is 0. The summed E-state index contributed by atoms with van der Waals surface area (Å²) in [6.07, 6.45) is 0. The number of amides is 1. The summed E-state index contributed by atoms with van der Waals surface area (Å²) >= 11 is 0. The SMILES string of the molecule is Cc1cccc(C(=O)C2C(=O)C(=O)N(c3ccc(C)nn3)C2c2ccc(C(C)C)cc2)c1. The highest BCUT2D eigenvalue weighted by Gasteiger charge is 2.52. The van der Waals surface area contributed by atoms with Gasteiger partial charge in [0, 0.05) is 5.56 Å². The fourth-order valence-electron chi connectivity index (χ4n) is 4.10. The minimum atomic E-state index is -1.16. The van der Waals surface area contributed by atoms with Crippen molar-refractivity contribution in [1.82, 2.24) is 10.2 Å². The maximum Gasteiger partial charge on any atom is 0.297 e. The lowest BCUT2D eigenvalue weighted by molar-refractivity contribution is -0.135. The van der Waals surface area contributed by atoms with E-state index >= 15 is 0 Å². The lowest BCUT2D eigenvalue weighted by Gasteiger charge is -2.26. The number of hydrogen-bond acceptors (Lipinski definition) is 5. The van der Waals surface area contributed by atoms with E-state index in [2.05, 4.69) is 24.0 Å². The number of rotatable bonds is 5. The summed E-state index contributed by atoms with van der Waals surface area (Å²) in [6.45, 7) is 7.86. The van der Waals surface area contributed by atoms with Crippen LogP contribution in [0.5, 0.6) is 0 Å². The summed E-state index contributed by atoms with van der Waals surface area (Å²) in [7, 11) is 0. The Bertz CT molecular complexity index is 1180. The van der Waals surface area contributed by atoms with Crippen LogP contribution < -0.4 is 4.90 Å². The predicted molar refractivity (Wildman–Crippen MR) is 122 cm³/mol. The molecule has 0 saturated carbocycles. The van der Waals surface area contributed by atoms with E-state index in [0.717, 1.165) is 11.1 Å². The minimum absolute atomic E-state index is 0.256. The Kier molecular flexibility index (Phi) is 5.70. The molecule has 2 atom stereocenters. The van der Waals surface area contributed by atoms with Gasteiger partial charge in [-0.2, -0.15) is 5.10 Å². The zero-order chi connectivity index (χ0) is 23.0. The van der Waals surface area contributed by atoms with Crippen LogP contribution in [0.2, 0.25) is 0 Å². The number of aryl methyl sites for hydroxylation is 2. The van der Waals surface area contributed by atoms with Gasteiger partial charge >= 0.3 is 0 Å². The third-order valence-corrected chi connectivity index (χ3v) is 5.87. The van der Waals surface area contributed by atoms with Gasteiger partial charge in [-0.05, 0) is 49.1 Å². The second kappa shape index (κ2) is 8.46. The molecule has 1 aromatic heterocycles. The van der Waals surface area contributed by atoms with E-state index in [1.165, 1.54) is 4.90 Å². The van der Waals surface area contributed by atoms with E-state index in [0.29, 0.717) is 22.7 Å². The molecule has 0 aliphatic carbocycles. The van der Waals surface area contributed by atoms with Crippen molar-refractivity contribution in [1.29, 1.82) is 0 Å². The van der Waals surface area contributed by atoms with Crippen molar-refractivity contribution in [3.05, 3.63) is 88.6 Å². The van der Waals surface area contributed by atoms with Crippen LogP contribution in [0, 0.1) is 19.8 Å². The molecule has 0 spiro atoms. The van der Waals surface area contributed by atoms with E-state index in [9.17, 15) is 14.4 Å². The van der Waals surface area contributed by atoms with Crippen LogP contribution in [-0.2, 0) is 9.59 Å². The Balaban J connectivity index is 1.85. The van der Waals surface area contributed by atoms with Gasteiger partial charge in [0.2, 0.25) is 5.78 Å². The Labute approximate surface area is 187 Å². The fraction of sp³-hybridized carbons (Fsp3) is 0.269. The Morgan fingerprint density at radius 2 is 1.66 bits per heavy atom. The van der Waals surface area contributed by atoms with Crippen LogP contribution in [0.4, 0.5) is 5.82 Å². The van der Waals surface area contributed by atoms with Gasteiger partial charge in [-0.1, -0.05) is 61.9 Å². The lowest BCUT2D eigenvalue weighted by Crippen LogP contribution is -2.31. The van der Waals surface area contributed by atoms with Crippen LogP contribution in [0.15, 0.2) is 60.7 Å². The lowest BCUT2D eigenvalue weighted by atomic mass is 9.85. The topological polar surface area (TPSA) is 80.2 Å². The Hall–Kier alpha value is -3.67. The van der Waals surface area contributed by atoms with Gasteiger partial charge in [-0.3, -0.25) is 19.3 Å². The summed E-state index contributed by atoms with van der Waals surface area (Å²) < 4.78 is 0. The predicted octanol–water partition coefficient (Wildman–Crippen LogP) is 4.37. The number of Topliss-reactive ketones (excluding diaryl/α,β-unsaturated/α-hetero) is 2. The molecule has 1 fully saturated rings. The first-order valence-electron chi connectivity index (χ1n) is 10.7. The second-order valence-corrected chi connectivity index (χ2v) is 8.55. The van der Waals surface area contributed by atoms with Crippen LogP contribution in [-0.4, -0.2) is 27.7 Å². The third kappa shape index (κ3) is 3.84. The Morgan fingerprint density at radius 3 is 2.25 bits per heavy atom. The normalized spacial score (nSPS) is 18.5. The monoisotopic (exact) mass is 427 g/mol. The molecule has 4 rings (SSSR count). The van der Waals surface area contributed by atoms with Crippen molar-refractivity contribution < 1.29 is 14.4 Å². The molecule has 1 aliphatic heterocycles. The molecule has 6 nitrogen and oxygen atoms in total.